The second kappa shape index (κ2) is 17.3. The summed E-state index contributed by atoms with van der Waals surface area (Å²) in [5.74, 6) is 0.421. The number of methoxy groups -OCH3 is 1. The van der Waals surface area contributed by atoms with Crippen molar-refractivity contribution >= 4 is 45.3 Å². The quantitative estimate of drug-likeness (QED) is 0.119. The van der Waals surface area contributed by atoms with Crippen molar-refractivity contribution in [1.82, 2.24) is 5.32 Å². The SMILES string of the molecule is COC(c1ccc(C(=O)NC(CCSC)C(=O)O)c(-c2ccccc2C)c1)c1ccc(-c2ccc(Cl)cc2)o1.NS(=O)(=O)c1ccccc1. The molecule has 12 heteroatoms. The standard InChI is InChI=1S/C31H30ClNO5S.C6H7NO2S/c1-19-6-4-5-7-23(19)25-18-21(10-13-24(25)30(34)33-26(31(35)36)16-17-39-3)29(37-2)28-15-14-27(38-28)20-8-11-22(32)12-9-20;7-10(8,9)6-4-2-1-3-5-6/h4-15,18,26,29H,16-17H2,1-3H3,(H,33,34)(H,35,36);1-5H,(H2,7,8,9). The molecule has 1 aromatic heterocycles. The minimum absolute atomic E-state index is 0.148. The first-order valence-electron chi connectivity index (χ1n) is 15.1. The molecule has 0 aliphatic heterocycles. The number of nitrogens with one attached hydrogen (secondary N) is 1. The van der Waals surface area contributed by atoms with Gasteiger partial charge in [0.1, 0.15) is 23.7 Å². The second-order valence-corrected chi connectivity index (χ2v) is 13.9. The van der Waals surface area contributed by atoms with E-state index in [1.54, 1.807) is 43.5 Å². The number of nitrogens with two attached hydrogens (primary N) is 1. The van der Waals surface area contributed by atoms with Crippen molar-refractivity contribution < 1.29 is 32.3 Å². The molecule has 2 unspecified atom stereocenters. The van der Waals surface area contributed by atoms with Gasteiger partial charge in [0.05, 0.1) is 4.90 Å². The number of sulfonamides is 1. The number of carboxylic acid groups (broad SMARTS) is 1. The molecule has 0 radical (unpaired) electrons. The Morgan fingerprint density at radius 3 is 2.20 bits per heavy atom. The van der Waals surface area contributed by atoms with Crippen molar-refractivity contribution in [3.8, 4) is 22.5 Å². The van der Waals surface area contributed by atoms with Gasteiger partial charge in [0, 0.05) is 23.3 Å². The number of ether oxygens (including phenoxy) is 1. The Balaban J connectivity index is 0.000000463. The molecule has 256 valence electrons. The maximum atomic E-state index is 13.4. The lowest BCUT2D eigenvalue weighted by Crippen LogP contribution is -2.41. The highest BCUT2D eigenvalue weighted by Crippen LogP contribution is 2.35. The lowest BCUT2D eigenvalue weighted by atomic mass is 9.92. The predicted molar refractivity (Wildman–Crippen MR) is 194 cm³/mol. The Hall–Kier alpha value is -4.39. The van der Waals surface area contributed by atoms with Gasteiger partial charge < -0.3 is 19.6 Å². The molecule has 49 heavy (non-hydrogen) atoms. The maximum absolute atomic E-state index is 13.4. The summed E-state index contributed by atoms with van der Waals surface area (Å²) in [4.78, 5) is 25.3. The van der Waals surface area contributed by atoms with Crippen LogP contribution in [-0.2, 0) is 19.6 Å². The number of benzene rings is 4. The zero-order valence-corrected chi connectivity index (χ0v) is 29.5. The van der Waals surface area contributed by atoms with Crippen molar-refractivity contribution in [3.05, 3.63) is 137 Å². The number of halogens is 1. The van der Waals surface area contributed by atoms with Crippen LogP contribution in [0, 0.1) is 6.92 Å². The molecule has 0 saturated carbocycles. The molecule has 0 aliphatic carbocycles. The van der Waals surface area contributed by atoms with E-state index in [0.717, 1.165) is 22.3 Å². The summed E-state index contributed by atoms with van der Waals surface area (Å²) in [6.45, 7) is 1.97. The molecular formula is C37H37ClN2O7S2. The van der Waals surface area contributed by atoms with Gasteiger partial charge in [0.25, 0.3) is 5.91 Å². The Morgan fingerprint density at radius 1 is 0.939 bits per heavy atom. The van der Waals surface area contributed by atoms with E-state index in [4.69, 9.17) is 25.9 Å². The largest absolute Gasteiger partial charge is 0.480 e. The smallest absolute Gasteiger partial charge is 0.326 e. The molecule has 0 saturated heterocycles. The summed E-state index contributed by atoms with van der Waals surface area (Å²) in [6, 6.07) is 31.3. The van der Waals surface area contributed by atoms with Crippen molar-refractivity contribution in [2.45, 2.75) is 30.4 Å². The Bertz CT molecular complexity index is 1980. The van der Waals surface area contributed by atoms with Crippen LogP contribution in [0.3, 0.4) is 0 Å². The van der Waals surface area contributed by atoms with Crippen molar-refractivity contribution in [1.29, 1.82) is 0 Å². The van der Waals surface area contributed by atoms with Crippen LogP contribution in [0.5, 0.6) is 0 Å². The number of carbonyl (C=O) groups excluding carboxylic acids is 1. The van der Waals surface area contributed by atoms with E-state index in [1.807, 2.05) is 73.8 Å². The van der Waals surface area contributed by atoms with Crippen LogP contribution in [0.15, 0.2) is 119 Å². The molecule has 2 atom stereocenters. The minimum Gasteiger partial charge on any atom is -0.480 e. The number of amides is 1. The number of hydrogen-bond donors (Lipinski definition) is 3. The highest BCUT2D eigenvalue weighted by atomic mass is 35.5. The number of aryl methyl sites for hydroxylation is 1. The Labute approximate surface area is 295 Å². The van der Waals surface area contributed by atoms with Gasteiger partial charge in [-0.1, -0.05) is 60.1 Å². The van der Waals surface area contributed by atoms with Crippen LogP contribution >= 0.6 is 23.4 Å². The zero-order valence-electron chi connectivity index (χ0n) is 27.1. The monoisotopic (exact) mass is 720 g/mol. The van der Waals surface area contributed by atoms with E-state index in [0.29, 0.717) is 39.8 Å². The van der Waals surface area contributed by atoms with Crippen LogP contribution in [0.1, 0.15) is 39.8 Å². The van der Waals surface area contributed by atoms with E-state index < -0.39 is 34.0 Å². The summed E-state index contributed by atoms with van der Waals surface area (Å²) in [5.41, 5.74) is 4.61. The van der Waals surface area contributed by atoms with Crippen LogP contribution in [0.2, 0.25) is 5.02 Å². The molecule has 0 bridgehead atoms. The molecule has 5 rings (SSSR count). The molecule has 0 fully saturated rings. The first kappa shape index (κ1) is 37.4. The lowest BCUT2D eigenvalue weighted by molar-refractivity contribution is -0.139. The molecule has 9 nitrogen and oxygen atoms in total. The zero-order chi connectivity index (χ0) is 35.6. The third kappa shape index (κ3) is 10.1. The van der Waals surface area contributed by atoms with E-state index >= 15 is 0 Å². The van der Waals surface area contributed by atoms with Crippen LogP contribution < -0.4 is 10.5 Å². The van der Waals surface area contributed by atoms with E-state index in [9.17, 15) is 23.1 Å². The summed E-state index contributed by atoms with van der Waals surface area (Å²) >= 11 is 7.56. The molecule has 4 N–H and O–H groups in total. The van der Waals surface area contributed by atoms with Gasteiger partial charge in [0.15, 0.2) is 0 Å². The number of hydrogen-bond acceptors (Lipinski definition) is 7. The molecule has 1 heterocycles. The van der Waals surface area contributed by atoms with Gasteiger partial charge >= 0.3 is 5.97 Å². The number of carboxylic acids is 1. The minimum atomic E-state index is -3.50. The van der Waals surface area contributed by atoms with Gasteiger partial charge in [-0.3, -0.25) is 4.79 Å². The van der Waals surface area contributed by atoms with Crippen LogP contribution in [0.4, 0.5) is 0 Å². The van der Waals surface area contributed by atoms with E-state index in [-0.39, 0.29) is 4.90 Å². The van der Waals surface area contributed by atoms with Gasteiger partial charge in [-0.05, 0) is 108 Å². The van der Waals surface area contributed by atoms with Gasteiger partial charge in [-0.25, -0.2) is 18.4 Å². The third-order valence-corrected chi connectivity index (χ3v) is 9.39. The lowest BCUT2D eigenvalue weighted by Gasteiger charge is -2.19. The summed E-state index contributed by atoms with van der Waals surface area (Å²) < 4.78 is 33.2. The third-order valence-electron chi connectivity index (χ3n) is 7.56. The summed E-state index contributed by atoms with van der Waals surface area (Å²) in [6.07, 6.45) is 1.71. The highest BCUT2D eigenvalue weighted by molar-refractivity contribution is 7.98. The maximum Gasteiger partial charge on any atom is 0.326 e. The number of primary sulfonamides is 1. The summed E-state index contributed by atoms with van der Waals surface area (Å²) in [7, 11) is -1.90. The number of aliphatic carboxylic acids is 1. The number of carbonyl (C=O) groups is 2. The molecule has 5 aromatic rings. The fourth-order valence-corrected chi connectivity index (χ4v) is 6.17. The van der Waals surface area contributed by atoms with Crippen molar-refractivity contribution in [2.24, 2.45) is 5.14 Å². The first-order chi connectivity index (χ1) is 23.4. The summed E-state index contributed by atoms with van der Waals surface area (Å²) in [5, 5.41) is 17.8. The normalized spacial score (nSPS) is 12.3. The fraction of sp³-hybridized carbons (Fsp3) is 0.189. The molecule has 0 aliphatic rings. The molecular weight excluding hydrogens is 684 g/mol. The van der Waals surface area contributed by atoms with Gasteiger partial charge in [0.2, 0.25) is 10.0 Å². The first-order valence-corrected chi connectivity index (χ1v) is 18.4. The van der Waals surface area contributed by atoms with Crippen LogP contribution in [-0.4, -0.2) is 50.6 Å². The van der Waals surface area contributed by atoms with Crippen molar-refractivity contribution in [2.75, 3.05) is 19.1 Å². The predicted octanol–water partition coefficient (Wildman–Crippen LogP) is 7.58. The Kier molecular flexibility index (Phi) is 13.2. The number of thioether (sulfide) groups is 1. The van der Waals surface area contributed by atoms with Gasteiger partial charge in [-0.2, -0.15) is 11.8 Å². The average Bonchev–Trinajstić information content (AvgIpc) is 3.57. The fourth-order valence-electron chi connectivity index (χ4n) is 5.04. The number of rotatable bonds is 12. The van der Waals surface area contributed by atoms with E-state index in [1.165, 1.54) is 23.9 Å². The van der Waals surface area contributed by atoms with Crippen LogP contribution in [0.25, 0.3) is 22.5 Å². The topological polar surface area (TPSA) is 149 Å². The van der Waals surface area contributed by atoms with E-state index in [2.05, 4.69) is 5.32 Å². The number of furan rings is 1. The second-order valence-electron chi connectivity index (χ2n) is 10.9. The van der Waals surface area contributed by atoms with Crippen molar-refractivity contribution in [3.63, 3.8) is 0 Å². The molecule has 0 spiro atoms. The average molecular weight is 721 g/mol. The van der Waals surface area contributed by atoms with Gasteiger partial charge in [-0.15, -0.1) is 0 Å². The molecule has 1 amide bonds. The Morgan fingerprint density at radius 2 is 1.61 bits per heavy atom. The molecule has 4 aromatic carbocycles. The highest BCUT2D eigenvalue weighted by Gasteiger charge is 2.25.